The number of benzene rings is 1. The topological polar surface area (TPSA) is 93.1 Å². The molecular weight excluding hydrogens is 322 g/mol. The van der Waals surface area contributed by atoms with E-state index in [0.717, 1.165) is 43.6 Å². The van der Waals surface area contributed by atoms with Crippen LogP contribution in [0.5, 0.6) is 0 Å². The third-order valence-electron chi connectivity index (χ3n) is 5.33. The van der Waals surface area contributed by atoms with Gasteiger partial charge >= 0.3 is 6.09 Å². The van der Waals surface area contributed by atoms with Gasteiger partial charge in [0.2, 0.25) is 0 Å². The monoisotopic (exact) mass is 345 g/mol. The lowest BCUT2D eigenvalue weighted by molar-refractivity contribution is -0.124. The van der Waals surface area contributed by atoms with Gasteiger partial charge in [-0.3, -0.25) is 10.0 Å². The van der Waals surface area contributed by atoms with Crippen molar-refractivity contribution >= 4 is 23.8 Å². The molecule has 0 aliphatic carbocycles. The third-order valence-corrected chi connectivity index (χ3v) is 5.33. The van der Waals surface area contributed by atoms with Crippen molar-refractivity contribution in [2.75, 3.05) is 31.1 Å². The molecule has 0 unspecified atom stereocenters. The first-order chi connectivity index (χ1) is 12.0. The molecule has 3 rings (SSSR count). The first kappa shape index (κ1) is 17.3. The molecule has 2 amide bonds. The molecule has 7 nitrogen and oxygen atoms in total. The number of anilines is 1. The molecule has 3 N–H and O–H groups in total. The average Bonchev–Trinajstić information content (AvgIpc) is 3.03. The molecule has 2 aliphatic rings. The Morgan fingerprint density at radius 3 is 2.48 bits per heavy atom. The van der Waals surface area contributed by atoms with Gasteiger partial charge in [0, 0.05) is 37.9 Å². The smallest absolute Gasteiger partial charge is 0.407 e. The van der Waals surface area contributed by atoms with Crippen LogP contribution in [0.4, 0.5) is 10.5 Å². The second-order valence-corrected chi connectivity index (χ2v) is 6.81. The van der Waals surface area contributed by atoms with E-state index in [1.807, 2.05) is 24.3 Å². The Morgan fingerprint density at radius 2 is 1.80 bits per heavy atom. The molecule has 7 heteroatoms. The minimum absolute atomic E-state index is 0.172. The molecule has 2 heterocycles. The van der Waals surface area contributed by atoms with Gasteiger partial charge < -0.3 is 14.9 Å². The fourth-order valence-corrected chi connectivity index (χ4v) is 3.84. The molecule has 2 aliphatic heterocycles. The van der Waals surface area contributed by atoms with Crippen LogP contribution in [0.1, 0.15) is 24.8 Å². The number of hydrogen-bond donors (Lipinski definition) is 3. The number of piperidine rings is 1. The van der Waals surface area contributed by atoms with Crippen LogP contribution in [0.3, 0.4) is 0 Å². The van der Waals surface area contributed by atoms with Crippen LogP contribution in [0, 0.1) is 5.41 Å². The number of likely N-dealkylation sites (tertiary alicyclic amines) is 1. The summed E-state index contributed by atoms with van der Waals surface area (Å²) in [5, 5.41) is 17.7. The van der Waals surface area contributed by atoms with Gasteiger partial charge in [-0.15, -0.1) is 0 Å². The van der Waals surface area contributed by atoms with Gasteiger partial charge in [0.1, 0.15) is 0 Å². The Morgan fingerprint density at radius 1 is 1.12 bits per heavy atom. The third kappa shape index (κ3) is 3.76. The molecule has 0 atom stereocenters. The minimum atomic E-state index is -0.831. The van der Waals surface area contributed by atoms with E-state index in [9.17, 15) is 9.59 Å². The molecule has 134 valence electrons. The average molecular weight is 345 g/mol. The number of nitrogens with zero attached hydrogens (tertiary/aromatic N) is 2. The van der Waals surface area contributed by atoms with E-state index < -0.39 is 12.0 Å². The summed E-state index contributed by atoms with van der Waals surface area (Å²) in [5.41, 5.74) is 3.74. The highest BCUT2D eigenvalue weighted by Gasteiger charge is 2.41. The summed E-state index contributed by atoms with van der Waals surface area (Å²) in [6.07, 6.45) is 4.99. The zero-order chi connectivity index (χ0) is 17.9. The zero-order valence-electron chi connectivity index (χ0n) is 14.0. The van der Waals surface area contributed by atoms with Crippen LogP contribution in [-0.4, -0.2) is 53.4 Å². The van der Waals surface area contributed by atoms with Crippen LogP contribution in [-0.2, 0) is 4.79 Å². The highest BCUT2D eigenvalue weighted by Crippen LogP contribution is 2.42. The van der Waals surface area contributed by atoms with Gasteiger partial charge in [-0.1, -0.05) is 18.2 Å². The van der Waals surface area contributed by atoms with E-state index in [2.05, 4.69) is 4.90 Å². The molecule has 1 aromatic carbocycles. The summed E-state index contributed by atoms with van der Waals surface area (Å²) in [6, 6.07) is 7.85. The van der Waals surface area contributed by atoms with E-state index >= 15 is 0 Å². The van der Waals surface area contributed by atoms with Crippen LogP contribution in [0.25, 0.3) is 6.08 Å². The predicted octanol–water partition coefficient (Wildman–Crippen LogP) is 2.18. The highest BCUT2D eigenvalue weighted by atomic mass is 16.5. The molecule has 1 spiro atoms. The number of amides is 2. The van der Waals surface area contributed by atoms with Gasteiger partial charge in [-0.25, -0.2) is 10.3 Å². The number of carbonyl (C=O) groups excluding carboxylic acids is 1. The number of para-hydroxylation sites is 1. The molecule has 0 aromatic heterocycles. The minimum Gasteiger partial charge on any atom is -0.465 e. The maximum Gasteiger partial charge on any atom is 0.407 e. The van der Waals surface area contributed by atoms with Crippen molar-refractivity contribution in [1.29, 1.82) is 0 Å². The number of nitrogens with one attached hydrogen (secondary N) is 1. The van der Waals surface area contributed by atoms with Crippen LogP contribution in [0.2, 0.25) is 0 Å². The Labute approximate surface area is 146 Å². The van der Waals surface area contributed by atoms with Gasteiger partial charge in [0.15, 0.2) is 0 Å². The fraction of sp³-hybridized carbons (Fsp3) is 0.444. The lowest BCUT2D eigenvalue weighted by Gasteiger charge is -2.38. The number of carboxylic acid groups (broad SMARTS) is 1. The quantitative estimate of drug-likeness (QED) is 0.443. The summed E-state index contributed by atoms with van der Waals surface area (Å²) >= 11 is 0. The first-order valence-corrected chi connectivity index (χ1v) is 8.47. The van der Waals surface area contributed by atoms with Gasteiger partial charge in [-0.05, 0) is 42.4 Å². The highest BCUT2D eigenvalue weighted by molar-refractivity contribution is 5.91. The summed E-state index contributed by atoms with van der Waals surface area (Å²) in [5.74, 6) is -0.561. The molecule has 0 radical (unpaired) electrons. The maximum atomic E-state index is 11.2. The summed E-state index contributed by atoms with van der Waals surface area (Å²) in [6.45, 7) is 3.02. The van der Waals surface area contributed by atoms with Gasteiger partial charge in [-0.2, -0.15) is 0 Å². The standard InChI is InChI=1S/C18H23N3O4/c22-16(19-25)6-5-14-3-1-2-4-15(14)21-12-9-18(13-21)7-10-20(11-8-18)17(23)24/h1-6,25H,7-13H2,(H,19,22)(H,23,24)/b6-5+. The number of hydrogen-bond acceptors (Lipinski definition) is 4. The normalized spacial score (nSPS) is 19.6. The second-order valence-electron chi connectivity index (χ2n) is 6.81. The van der Waals surface area contributed by atoms with E-state index in [0.29, 0.717) is 13.1 Å². The SMILES string of the molecule is O=C(/C=C/c1ccccc1N1CCC2(CCN(C(=O)O)CC2)C1)NO. The summed E-state index contributed by atoms with van der Waals surface area (Å²) < 4.78 is 0. The molecule has 0 saturated carbocycles. The van der Waals surface area contributed by atoms with Crippen molar-refractivity contribution in [1.82, 2.24) is 10.4 Å². The lowest BCUT2D eigenvalue weighted by atomic mass is 9.78. The summed E-state index contributed by atoms with van der Waals surface area (Å²) in [4.78, 5) is 26.1. The van der Waals surface area contributed by atoms with Crippen LogP contribution >= 0.6 is 0 Å². The zero-order valence-corrected chi connectivity index (χ0v) is 14.0. The molecule has 0 bridgehead atoms. The number of carbonyl (C=O) groups is 2. The van der Waals surface area contributed by atoms with Crippen molar-refractivity contribution in [3.05, 3.63) is 35.9 Å². The Balaban J connectivity index is 1.72. The van der Waals surface area contributed by atoms with E-state index in [1.54, 1.807) is 11.6 Å². The molecular formula is C18H23N3O4. The number of hydroxylamine groups is 1. The van der Waals surface area contributed by atoms with Crippen molar-refractivity contribution in [3.8, 4) is 0 Å². The van der Waals surface area contributed by atoms with Crippen LogP contribution in [0.15, 0.2) is 30.3 Å². The van der Waals surface area contributed by atoms with Crippen molar-refractivity contribution in [2.24, 2.45) is 5.41 Å². The molecule has 25 heavy (non-hydrogen) atoms. The van der Waals surface area contributed by atoms with Gasteiger partial charge in [0.05, 0.1) is 0 Å². The molecule has 1 aromatic rings. The van der Waals surface area contributed by atoms with E-state index in [1.165, 1.54) is 11.0 Å². The Kier molecular flexibility index (Phi) is 4.94. The van der Waals surface area contributed by atoms with Gasteiger partial charge in [0.25, 0.3) is 5.91 Å². The van der Waals surface area contributed by atoms with Crippen molar-refractivity contribution in [3.63, 3.8) is 0 Å². The number of rotatable bonds is 3. The van der Waals surface area contributed by atoms with Crippen molar-refractivity contribution < 1.29 is 19.9 Å². The second kappa shape index (κ2) is 7.14. The molecule has 2 saturated heterocycles. The summed E-state index contributed by atoms with van der Waals surface area (Å²) in [7, 11) is 0. The van der Waals surface area contributed by atoms with Crippen LogP contribution < -0.4 is 10.4 Å². The maximum absolute atomic E-state index is 11.2. The Hall–Kier alpha value is -2.54. The molecule has 2 fully saturated rings. The van der Waals surface area contributed by atoms with E-state index in [4.69, 9.17) is 10.3 Å². The largest absolute Gasteiger partial charge is 0.465 e. The van der Waals surface area contributed by atoms with Crippen molar-refractivity contribution in [2.45, 2.75) is 19.3 Å². The Bertz CT molecular complexity index is 681. The lowest BCUT2D eigenvalue weighted by Crippen LogP contribution is -2.43. The van der Waals surface area contributed by atoms with E-state index in [-0.39, 0.29) is 5.41 Å². The predicted molar refractivity (Wildman–Crippen MR) is 93.5 cm³/mol. The fourth-order valence-electron chi connectivity index (χ4n) is 3.84. The first-order valence-electron chi connectivity index (χ1n) is 8.47.